The lowest BCUT2D eigenvalue weighted by Gasteiger charge is -2.56. The van der Waals surface area contributed by atoms with Crippen LogP contribution < -0.4 is 9.47 Å². The molecule has 5 atom stereocenters. The zero-order chi connectivity index (χ0) is 19.4. The number of likely N-dealkylation sites (N-methyl/N-ethyl adjacent to an activating group) is 1. The Balaban J connectivity index is 1.91. The highest BCUT2D eigenvalue weighted by atomic mass is 16.5. The van der Waals surface area contributed by atoms with Gasteiger partial charge in [-0.25, -0.2) is 0 Å². The summed E-state index contributed by atoms with van der Waals surface area (Å²) < 4.78 is 54.0. The van der Waals surface area contributed by atoms with E-state index in [9.17, 15) is 1.37 Å². The maximum atomic E-state index is 9.27. The van der Waals surface area contributed by atoms with Gasteiger partial charge in [0.05, 0.1) is 11.2 Å². The molecule has 2 unspecified atom stereocenters. The number of rotatable bonds is 2. The fraction of sp³-hybridized carbons (Fsp3) is 0.556. The van der Waals surface area contributed by atoms with Crippen molar-refractivity contribution in [3.63, 3.8) is 0 Å². The van der Waals surface area contributed by atoms with Gasteiger partial charge in [0, 0.05) is 24.3 Å². The molecule has 116 valence electrons. The zero-order valence-corrected chi connectivity index (χ0v) is 12.6. The zero-order valence-electron chi connectivity index (χ0n) is 17.6. The number of likely N-dealkylation sites (tertiary alicyclic amines) is 1. The number of nitrogens with zero attached hydrogens (tertiary/aromatic N) is 1. The van der Waals surface area contributed by atoms with Crippen LogP contribution in [0, 0.1) is 5.92 Å². The third kappa shape index (κ3) is 1.28. The molecule has 2 aliphatic heterocycles. The first-order chi connectivity index (χ1) is 12.7. The molecule has 5 rings (SSSR count). The summed E-state index contributed by atoms with van der Waals surface area (Å²) >= 11 is 0. The molecule has 1 N–H and O–H groups in total. The quantitative estimate of drug-likeness (QED) is 0.841. The van der Waals surface area contributed by atoms with E-state index in [1.165, 1.54) is 13.2 Å². The number of piperidine rings is 1. The van der Waals surface area contributed by atoms with Gasteiger partial charge < -0.3 is 19.5 Å². The molecule has 0 amide bonds. The number of benzene rings is 1. The van der Waals surface area contributed by atoms with E-state index < -0.39 is 23.6 Å². The van der Waals surface area contributed by atoms with Crippen LogP contribution in [0.15, 0.2) is 24.2 Å². The Labute approximate surface area is 137 Å². The van der Waals surface area contributed by atoms with E-state index in [0.29, 0.717) is 30.7 Å². The predicted molar refractivity (Wildman–Crippen MR) is 82.5 cm³/mol. The number of hydrogen-bond donors (Lipinski definition) is 1. The minimum atomic E-state index is -1.73. The molecule has 0 saturated carbocycles. The molecule has 0 aromatic heterocycles. The van der Waals surface area contributed by atoms with E-state index in [0.717, 1.165) is 5.56 Å². The summed E-state index contributed by atoms with van der Waals surface area (Å²) in [4.78, 5) is 1.98. The maximum Gasteiger partial charge on any atom is 0.211 e. The van der Waals surface area contributed by atoms with E-state index in [1.54, 1.807) is 0 Å². The van der Waals surface area contributed by atoms with Gasteiger partial charge in [-0.15, -0.1) is 0 Å². The van der Waals surface area contributed by atoms with Gasteiger partial charge in [-0.3, -0.25) is 0 Å². The molecule has 22 heavy (non-hydrogen) atoms. The standard InChI is InChI=1S/C18H21NO3/c1-19-8-7-18-11-4-5-13(20)17(18)22-16-14(21-2)6-3-10(15(16)18)9-12(11)19/h3-6,11-13,17,20H,7-9H2,1-2H3/t11-,12+,13?,17?,18-/m0/s1/i3D,6D,12D,13D,20D. The van der Waals surface area contributed by atoms with Crippen LogP contribution in [0.25, 0.3) is 0 Å². The van der Waals surface area contributed by atoms with Crippen LogP contribution in [0.5, 0.6) is 11.5 Å². The maximum absolute atomic E-state index is 9.27. The molecule has 2 aliphatic carbocycles. The van der Waals surface area contributed by atoms with Gasteiger partial charge in [0.1, 0.15) is 12.2 Å². The molecule has 0 radical (unpaired) electrons. The predicted octanol–water partition coefficient (Wildman–Crippen LogP) is 1.50. The van der Waals surface area contributed by atoms with Crippen molar-refractivity contribution < 1.29 is 20.1 Å². The van der Waals surface area contributed by atoms with E-state index in [4.69, 9.17) is 20.1 Å². The van der Waals surface area contributed by atoms with Crippen molar-refractivity contribution in [3.05, 3.63) is 35.4 Å². The lowest BCUT2D eigenvalue weighted by atomic mass is 9.53. The smallest absolute Gasteiger partial charge is 0.211 e. The van der Waals surface area contributed by atoms with Crippen LogP contribution in [-0.2, 0) is 11.8 Å². The Morgan fingerprint density at radius 2 is 2.45 bits per heavy atom. The van der Waals surface area contributed by atoms with Crippen molar-refractivity contribution in [3.8, 4) is 11.5 Å². The molecule has 1 aromatic rings. The second-order valence-corrected chi connectivity index (χ2v) is 6.58. The number of hydrogen-bond acceptors (Lipinski definition) is 4. The Kier molecular flexibility index (Phi) is 1.65. The van der Waals surface area contributed by atoms with Crippen LogP contribution in [0.2, 0.25) is 0 Å². The van der Waals surface area contributed by atoms with Crippen molar-refractivity contribution in [2.45, 2.75) is 36.5 Å². The lowest BCUT2D eigenvalue weighted by Crippen LogP contribution is -2.64. The summed E-state index contributed by atoms with van der Waals surface area (Å²) in [5, 5.41) is 4.81. The first-order valence-electron chi connectivity index (χ1n) is 10.1. The molecule has 1 aromatic carbocycles. The highest BCUT2D eigenvalue weighted by molar-refractivity contribution is 5.62. The second-order valence-electron chi connectivity index (χ2n) is 6.58. The van der Waals surface area contributed by atoms with Crippen molar-refractivity contribution in [2.24, 2.45) is 5.92 Å². The summed E-state index contributed by atoms with van der Waals surface area (Å²) in [6.45, 7) is 0.638. The van der Waals surface area contributed by atoms with Crippen LogP contribution in [0.4, 0.5) is 0 Å². The third-order valence-corrected chi connectivity index (χ3v) is 5.77. The summed E-state index contributed by atoms with van der Waals surface area (Å²) in [5.41, 5.74) is 0.661. The molecule has 1 saturated heterocycles. The first kappa shape index (κ1) is 8.94. The van der Waals surface area contributed by atoms with Crippen LogP contribution >= 0.6 is 0 Å². The Hall–Kier alpha value is -1.52. The summed E-state index contributed by atoms with van der Waals surface area (Å²) in [5.74, 6) is 0.300. The van der Waals surface area contributed by atoms with E-state index in [-0.39, 0.29) is 23.8 Å². The van der Waals surface area contributed by atoms with Crippen molar-refractivity contribution in [1.82, 2.24) is 4.90 Å². The molecule has 4 aliphatic rings. The number of ether oxygens (including phenoxy) is 2. The van der Waals surface area contributed by atoms with Gasteiger partial charge in [0.15, 0.2) is 11.5 Å². The Morgan fingerprint density at radius 3 is 3.27 bits per heavy atom. The fourth-order valence-electron chi connectivity index (χ4n) is 4.80. The van der Waals surface area contributed by atoms with E-state index in [2.05, 4.69) is 0 Å². The van der Waals surface area contributed by atoms with Crippen molar-refractivity contribution in [2.75, 3.05) is 20.7 Å². The van der Waals surface area contributed by atoms with Gasteiger partial charge in [-0.05, 0) is 38.0 Å². The Bertz CT molecular complexity index is 894. The van der Waals surface area contributed by atoms with E-state index >= 15 is 0 Å². The molecule has 2 heterocycles. The molecule has 4 heteroatoms. The molecule has 1 fully saturated rings. The minimum absolute atomic E-state index is 0.0523. The Morgan fingerprint density at radius 1 is 1.55 bits per heavy atom. The highest BCUT2D eigenvalue weighted by Crippen LogP contribution is 2.62. The normalized spacial score (nSPS) is 50.9. The summed E-state index contributed by atoms with van der Waals surface area (Å²) in [7, 11) is 3.35. The second kappa shape index (κ2) is 4.06. The minimum Gasteiger partial charge on any atom is -0.493 e. The van der Waals surface area contributed by atoms with Crippen molar-refractivity contribution >= 4 is 0 Å². The lowest BCUT2D eigenvalue weighted by molar-refractivity contribution is -0.0453. The third-order valence-electron chi connectivity index (χ3n) is 5.77. The van der Waals surface area contributed by atoms with Crippen LogP contribution in [0.3, 0.4) is 0 Å². The monoisotopic (exact) mass is 304 g/mol. The SMILES string of the molecule is [2H]OC1([2H])C=C[C@@H]2[C@@]34CCN(C)[C@]2([2H])Cc2c([2H])c([2H])c(OC)c(c23)OC14. The first-order valence-corrected chi connectivity index (χ1v) is 7.66. The van der Waals surface area contributed by atoms with Gasteiger partial charge in [0.2, 0.25) is 1.43 Å². The van der Waals surface area contributed by atoms with Gasteiger partial charge >= 0.3 is 0 Å². The van der Waals surface area contributed by atoms with E-state index in [1.807, 2.05) is 18.0 Å². The number of aliphatic hydroxyl groups is 1. The summed E-state index contributed by atoms with van der Waals surface area (Å²) in [6.07, 6.45) is 1.71. The largest absolute Gasteiger partial charge is 0.493 e. The molecule has 4 nitrogen and oxygen atoms in total. The van der Waals surface area contributed by atoms with Crippen LogP contribution in [-0.4, -0.2) is 50.3 Å². The highest BCUT2D eigenvalue weighted by Gasteiger charge is 2.64. The topological polar surface area (TPSA) is 41.9 Å². The fourth-order valence-corrected chi connectivity index (χ4v) is 4.80. The molecular weight excluding hydrogens is 278 g/mol. The van der Waals surface area contributed by atoms with Crippen LogP contribution in [0.1, 0.15) is 23.0 Å². The number of methoxy groups -OCH3 is 1. The van der Waals surface area contributed by atoms with Gasteiger partial charge in [-0.2, -0.15) is 0 Å². The average molecular weight is 304 g/mol. The average Bonchev–Trinajstić information content (AvgIpc) is 2.99. The van der Waals surface area contributed by atoms with Crippen molar-refractivity contribution in [1.29, 1.82) is 1.43 Å². The molecule has 1 spiro atoms. The van der Waals surface area contributed by atoms with Gasteiger partial charge in [0.25, 0.3) is 0 Å². The summed E-state index contributed by atoms with van der Waals surface area (Å²) in [6, 6.07) is -1.03. The molecule has 2 bridgehead atoms. The molecular formula is C18H21NO3. The van der Waals surface area contributed by atoms with Gasteiger partial charge in [-0.1, -0.05) is 18.2 Å².